The lowest BCUT2D eigenvalue weighted by Gasteiger charge is -2.07. The summed E-state index contributed by atoms with van der Waals surface area (Å²) < 4.78 is 32.1. The van der Waals surface area contributed by atoms with Gasteiger partial charge in [0, 0.05) is 18.9 Å². The number of pyridine rings is 1. The first-order chi connectivity index (χ1) is 9.83. The molecule has 0 aliphatic rings. The van der Waals surface area contributed by atoms with E-state index >= 15 is 0 Å². The molecule has 112 valence electrons. The van der Waals surface area contributed by atoms with Crippen LogP contribution in [0.1, 0.15) is 27.4 Å². The lowest BCUT2D eigenvalue weighted by atomic mass is 10.2. The van der Waals surface area contributed by atoms with E-state index in [2.05, 4.69) is 9.71 Å². The third-order valence-electron chi connectivity index (χ3n) is 2.90. The first-order valence-electron chi connectivity index (χ1n) is 6.05. The van der Waals surface area contributed by atoms with Crippen molar-refractivity contribution < 1.29 is 22.7 Å². The van der Waals surface area contributed by atoms with E-state index in [0.29, 0.717) is 5.56 Å². The molecule has 0 amide bonds. The Morgan fingerprint density at radius 1 is 1.29 bits per heavy atom. The highest BCUT2D eigenvalue weighted by atomic mass is 32.2. The van der Waals surface area contributed by atoms with Gasteiger partial charge in [-0.1, -0.05) is 0 Å². The molecule has 0 aliphatic carbocycles. The molecule has 0 aromatic carbocycles. The van der Waals surface area contributed by atoms with Crippen LogP contribution in [0.4, 0.5) is 0 Å². The van der Waals surface area contributed by atoms with Crippen LogP contribution in [-0.4, -0.2) is 24.5 Å². The molecular weight excluding hydrogens is 296 g/mol. The van der Waals surface area contributed by atoms with E-state index in [0.717, 1.165) is 0 Å². The van der Waals surface area contributed by atoms with E-state index in [9.17, 15) is 13.2 Å². The first kappa shape index (κ1) is 15.2. The van der Waals surface area contributed by atoms with Gasteiger partial charge in [0.15, 0.2) is 0 Å². The maximum Gasteiger partial charge on any atom is 0.340 e. The lowest BCUT2D eigenvalue weighted by Crippen LogP contribution is -2.25. The van der Waals surface area contributed by atoms with Crippen molar-refractivity contribution in [1.82, 2.24) is 9.71 Å². The third-order valence-corrected chi connectivity index (χ3v) is 4.46. The standard InChI is InChI=1S/C13H14N2O5S/c1-8-11(13(16)17)12(9(2)20-8)21(18,19)15-7-10-3-5-14-6-4-10/h3-6,15H,7H2,1-2H3,(H,16,17). The van der Waals surface area contributed by atoms with Crippen molar-refractivity contribution in [2.24, 2.45) is 0 Å². The number of hydrogen-bond donors (Lipinski definition) is 2. The number of carboxylic acid groups (broad SMARTS) is 1. The van der Waals surface area contributed by atoms with Crippen molar-refractivity contribution in [1.29, 1.82) is 0 Å². The molecule has 7 nitrogen and oxygen atoms in total. The zero-order valence-electron chi connectivity index (χ0n) is 11.5. The summed E-state index contributed by atoms with van der Waals surface area (Å²) in [5.41, 5.74) is 0.373. The van der Waals surface area contributed by atoms with Gasteiger partial charge in [0.05, 0.1) is 0 Å². The zero-order chi connectivity index (χ0) is 15.6. The van der Waals surface area contributed by atoms with Gasteiger partial charge >= 0.3 is 5.97 Å². The second-order valence-electron chi connectivity index (χ2n) is 4.40. The lowest BCUT2D eigenvalue weighted by molar-refractivity contribution is 0.0691. The van der Waals surface area contributed by atoms with Crippen molar-refractivity contribution in [3.8, 4) is 0 Å². The summed E-state index contributed by atoms with van der Waals surface area (Å²) in [5.74, 6) is -1.23. The maximum absolute atomic E-state index is 12.3. The minimum Gasteiger partial charge on any atom is -0.478 e. The minimum atomic E-state index is -3.99. The van der Waals surface area contributed by atoms with E-state index in [1.807, 2.05) is 0 Å². The second-order valence-corrected chi connectivity index (χ2v) is 6.11. The van der Waals surface area contributed by atoms with Crippen LogP contribution in [0.3, 0.4) is 0 Å². The number of aromatic nitrogens is 1. The van der Waals surface area contributed by atoms with Crippen molar-refractivity contribution in [3.05, 3.63) is 47.2 Å². The van der Waals surface area contributed by atoms with Gasteiger partial charge in [-0.3, -0.25) is 4.98 Å². The molecule has 0 radical (unpaired) electrons. The number of carbonyl (C=O) groups is 1. The van der Waals surface area contributed by atoms with Crippen LogP contribution in [-0.2, 0) is 16.6 Å². The summed E-state index contributed by atoms with van der Waals surface area (Å²) in [6.45, 7) is 2.87. The number of furan rings is 1. The molecule has 0 aliphatic heterocycles. The van der Waals surface area contributed by atoms with E-state index < -0.39 is 16.0 Å². The third kappa shape index (κ3) is 3.11. The van der Waals surface area contributed by atoms with E-state index in [-0.39, 0.29) is 28.5 Å². The fraction of sp³-hybridized carbons (Fsp3) is 0.231. The van der Waals surface area contributed by atoms with E-state index in [1.54, 1.807) is 24.5 Å². The predicted octanol–water partition coefficient (Wildman–Crippen LogP) is 1.47. The molecule has 0 saturated carbocycles. The van der Waals surface area contributed by atoms with Crippen LogP contribution in [0.25, 0.3) is 0 Å². The Balaban J connectivity index is 2.34. The summed E-state index contributed by atoms with van der Waals surface area (Å²) in [5, 5.41) is 9.15. The Morgan fingerprint density at radius 2 is 1.90 bits per heavy atom. The van der Waals surface area contributed by atoms with Crippen LogP contribution in [0.15, 0.2) is 33.8 Å². The average Bonchev–Trinajstić information content (AvgIpc) is 2.73. The monoisotopic (exact) mass is 310 g/mol. The van der Waals surface area contributed by atoms with Crippen molar-refractivity contribution in [2.75, 3.05) is 0 Å². The first-order valence-corrected chi connectivity index (χ1v) is 7.53. The quantitative estimate of drug-likeness (QED) is 0.865. The highest BCUT2D eigenvalue weighted by Gasteiger charge is 2.30. The molecule has 0 atom stereocenters. The van der Waals surface area contributed by atoms with Gasteiger partial charge in [-0.15, -0.1) is 0 Å². The van der Waals surface area contributed by atoms with Gasteiger partial charge in [-0.25, -0.2) is 17.9 Å². The molecule has 0 bridgehead atoms. The van der Waals surface area contributed by atoms with Crippen LogP contribution in [0, 0.1) is 13.8 Å². The predicted molar refractivity (Wildman–Crippen MR) is 73.4 cm³/mol. The number of rotatable bonds is 5. The molecule has 0 unspecified atom stereocenters. The molecule has 2 aromatic rings. The average molecular weight is 310 g/mol. The molecular formula is C13H14N2O5S. The summed E-state index contributed by atoms with van der Waals surface area (Å²) in [6.07, 6.45) is 3.08. The molecule has 2 N–H and O–H groups in total. The smallest absolute Gasteiger partial charge is 0.340 e. The Kier molecular flexibility index (Phi) is 4.10. The van der Waals surface area contributed by atoms with Gasteiger partial charge in [0.1, 0.15) is 22.0 Å². The number of nitrogens with zero attached hydrogens (tertiary/aromatic N) is 1. The highest BCUT2D eigenvalue weighted by molar-refractivity contribution is 7.89. The largest absolute Gasteiger partial charge is 0.478 e. The van der Waals surface area contributed by atoms with Gasteiger partial charge in [-0.05, 0) is 31.5 Å². The number of hydrogen-bond acceptors (Lipinski definition) is 5. The zero-order valence-corrected chi connectivity index (χ0v) is 12.3. The van der Waals surface area contributed by atoms with Crippen molar-refractivity contribution >= 4 is 16.0 Å². The molecule has 0 fully saturated rings. The summed E-state index contributed by atoms with van der Waals surface area (Å²) in [6, 6.07) is 3.32. The number of sulfonamides is 1. The summed E-state index contributed by atoms with van der Waals surface area (Å²) >= 11 is 0. The molecule has 2 aromatic heterocycles. The molecule has 0 spiro atoms. The molecule has 0 saturated heterocycles. The van der Waals surface area contributed by atoms with Crippen LogP contribution >= 0.6 is 0 Å². The number of carboxylic acids is 1. The fourth-order valence-electron chi connectivity index (χ4n) is 1.99. The fourth-order valence-corrected chi connectivity index (χ4v) is 3.41. The van der Waals surface area contributed by atoms with Crippen LogP contribution in [0.2, 0.25) is 0 Å². The van der Waals surface area contributed by atoms with Gasteiger partial charge in [0.25, 0.3) is 0 Å². The molecule has 2 rings (SSSR count). The molecule has 8 heteroatoms. The Labute approximate surface area is 121 Å². The number of aromatic carboxylic acids is 1. The molecule has 2 heterocycles. The van der Waals surface area contributed by atoms with Gasteiger partial charge in [0.2, 0.25) is 10.0 Å². The highest BCUT2D eigenvalue weighted by Crippen LogP contribution is 2.26. The van der Waals surface area contributed by atoms with E-state index in [4.69, 9.17) is 9.52 Å². The second kappa shape index (κ2) is 5.66. The van der Waals surface area contributed by atoms with Gasteiger partial charge in [-0.2, -0.15) is 0 Å². The van der Waals surface area contributed by atoms with Crippen molar-refractivity contribution in [3.63, 3.8) is 0 Å². The maximum atomic E-state index is 12.3. The Bertz CT molecular complexity index is 765. The Morgan fingerprint density at radius 3 is 2.48 bits per heavy atom. The van der Waals surface area contributed by atoms with Crippen LogP contribution in [0.5, 0.6) is 0 Å². The SMILES string of the molecule is Cc1oc(C)c(S(=O)(=O)NCc2ccncc2)c1C(=O)O. The minimum absolute atomic E-state index is 0.0353. The normalized spacial score (nSPS) is 11.5. The topological polar surface area (TPSA) is 110 Å². The number of aryl methyl sites for hydroxylation is 2. The summed E-state index contributed by atoms with van der Waals surface area (Å²) in [4.78, 5) is 14.7. The summed E-state index contributed by atoms with van der Waals surface area (Å²) in [7, 11) is -3.99. The Hall–Kier alpha value is -2.19. The van der Waals surface area contributed by atoms with Gasteiger partial charge < -0.3 is 9.52 Å². The van der Waals surface area contributed by atoms with Crippen molar-refractivity contribution in [2.45, 2.75) is 25.3 Å². The van der Waals surface area contributed by atoms with Crippen LogP contribution < -0.4 is 4.72 Å². The van der Waals surface area contributed by atoms with E-state index in [1.165, 1.54) is 13.8 Å². The molecule has 21 heavy (non-hydrogen) atoms. The number of nitrogens with one attached hydrogen (secondary N) is 1.